The number of hydrogen-bond donors (Lipinski definition) is 2. The van der Waals surface area contributed by atoms with E-state index in [1.165, 1.54) is 0 Å². The quantitative estimate of drug-likeness (QED) is 0.730. The average molecular weight is 360 g/mol. The summed E-state index contributed by atoms with van der Waals surface area (Å²) in [7, 11) is -3.10. The molecule has 2 aromatic carbocycles. The van der Waals surface area contributed by atoms with Crippen LogP contribution in [-0.4, -0.2) is 39.6 Å². The number of amides is 2. The first-order chi connectivity index (χ1) is 11.8. The highest BCUT2D eigenvalue weighted by Gasteiger charge is 2.08. The number of hydrogen-bond acceptors (Lipinski definition) is 4. The lowest BCUT2D eigenvalue weighted by molar-refractivity contribution is 0.0927. The second kappa shape index (κ2) is 8.43. The second-order valence-electron chi connectivity index (χ2n) is 5.64. The molecule has 0 aliphatic heterocycles. The van der Waals surface area contributed by atoms with E-state index in [0.717, 1.165) is 6.26 Å². The normalized spacial score (nSPS) is 10.9. The van der Waals surface area contributed by atoms with E-state index in [1.54, 1.807) is 48.5 Å². The summed E-state index contributed by atoms with van der Waals surface area (Å²) in [5.74, 6) is -0.528. The molecule has 0 bridgehead atoms. The molecule has 6 nitrogen and oxygen atoms in total. The Morgan fingerprint density at radius 1 is 0.800 bits per heavy atom. The van der Waals surface area contributed by atoms with Crippen molar-refractivity contribution in [1.82, 2.24) is 10.6 Å². The zero-order valence-corrected chi connectivity index (χ0v) is 14.7. The van der Waals surface area contributed by atoms with Crippen molar-refractivity contribution in [3.63, 3.8) is 0 Å². The molecular formula is C18H20N2O4S. The van der Waals surface area contributed by atoms with Gasteiger partial charge in [0.05, 0.1) is 5.75 Å². The van der Waals surface area contributed by atoms with Crippen LogP contribution in [-0.2, 0) is 15.6 Å². The lowest BCUT2D eigenvalue weighted by Crippen LogP contribution is -2.34. The van der Waals surface area contributed by atoms with Gasteiger partial charge in [-0.3, -0.25) is 9.59 Å². The van der Waals surface area contributed by atoms with Crippen LogP contribution in [0, 0.1) is 0 Å². The Labute approximate surface area is 147 Å². The molecule has 2 aromatic rings. The molecule has 0 radical (unpaired) electrons. The molecule has 0 atom stereocenters. The lowest BCUT2D eigenvalue weighted by atomic mass is 10.1. The van der Waals surface area contributed by atoms with Crippen LogP contribution in [0.3, 0.4) is 0 Å². The van der Waals surface area contributed by atoms with Gasteiger partial charge < -0.3 is 10.6 Å². The summed E-state index contributed by atoms with van der Waals surface area (Å²) in [5.41, 5.74) is 1.64. The van der Waals surface area contributed by atoms with Crippen molar-refractivity contribution < 1.29 is 18.0 Å². The van der Waals surface area contributed by atoms with E-state index in [-0.39, 0.29) is 17.6 Å². The lowest BCUT2D eigenvalue weighted by Gasteiger charge is -2.08. The molecule has 2 N–H and O–H groups in total. The fourth-order valence-corrected chi connectivity index (χ4v) is 3.00. The van der Waals surface area contributed by atoms with E-state index in [9.17, 15) is 18.0 Å². The van der Waals surface area contributed by atoms with Crippen LogP contribution in [0.1, 0.15) is 26.3 Å². The van der Waals surface area contributed by atoms with Gasteiger partial charge in [-0.15, -0.1) is 0 Å². The highest BCUT2D eigenvalue weighted by atomic mass is 32.2. The van der Waals surface area contributed by atoms with Gasteiger partial charge in [-0.05, 0) is 29.8 Å². The molecule has 0 aliphatic rings. The summed E-state index contributed by atoms with van der Waals surface area (Å²) in [6, 6.07) is 15.2. The Morgan fingerprint density at radius 2 is 1.28 bits per heavy atom. The summed E-state index contributed by atoms with van der Waals surface area (Å²) >= 11 is 0. The minimum Gasteiger partial charge on any atom is -0.350 e. The molecule has 0 fully saturated rings. The molecule has 25 heavy (non-hydrogen) atoms. The van der Waals surface area contributed by atoms with Gasteiger partial charge in [-0.25, -0.2) is 8.42 Å². The topological polar surface area (TPSA) is 92.3 Å². The highest BCUT2D eigenvalue weighted by Crippen LogP contribution is 2.07. The maximum Gasteiger partial charge on any atom is 0.251 e. The maximum absolute atomic E-state index is 12.0. The van der Waals surface area contributed by atoms with Crippen LogP contribution >= 0.6 is 0 Å². The van der Waals surface area contributed by atoms with Gasteiger partial charge in [-0.2, -0.15) is 0 Å². The molecule has 132 valence electrons. The molecule has 0 heterocycles. The van der Waals surface area contributed by atoms with E-state index in [4.69, 9.17) is 0 Å². The molecule has 7 heteroatoms. The van der Waals surface area contributed by atoms with Gasteiger partial charge in [0.1, 0.15) is 0 Å². The standard InChI is InChI=1S/C18H20N2O4S/c1-25(23,24)13-14-7-9-16(10-8-14)18(22)20-12-11-19-17(21)15-5-3-2-4-6-15/h2-10H,11-13H2,1H3,(H,19,21)(H,20,22). The van der Waals surface area contributed by atoms with Gasteiger partial charge in [0.25, 0.3) is 11.8 Å². The molecule has 0 aliphatic carbocycles. The van der Waals surface area contributed by atoms with Gasteiger partial charge in [-0.1, -0.05) is 30.3 Å². The summed E-state index contributed by atoms with van der Waals surface area (Å²) in [6.07, 6.45) is 1.16. The highest BCUT2D eigenvalue weighted by molar-refractivity contribution is 7.89. The second-order valence-corrected chi connectivity index (χ2v) is 7.79. The fraction of sp³-hybridized carbons (Fsp3) is 0.222. The zero-order chi connectivity index (χ0) is 18.3. The molecule has 2 rings (SSSR count). The minimum atomic E-state index is -3.10. The number of benzene rings is 2. The number of sulfone groups is 1. The van der Waals surface area contributed by atoms with E-state index >= 15 is 0 Å². The van der Waals surface area contributed by atoms with Crippen LogP contribution < -0.4 is 10.6 Å². The van der Waals surface area contributed by atoms with Crippen molar-refractivity contribution in [2.24, 2.45) is 0 Å². The fourth-order valence-electron chi connectivity index (χ4n) is 2.20. The van der Waals surface area contributed by atoms with Crippen LogP contribution in [0.5, 0.6) is 0 Å². The maximum atomic E-state index is 12.0. The van der Waals surface area contributed by atoms with Crippen molar-refractivity contribution in [1.29, 1.82) is 0 Å². The predicted octanol–water partition coefficient (Wildman–Crippen LogP) is 1.39. The average Bonchev–Trinajstić information content (AvgIpc) is 2.58. The first kappa shape index (κ1) is 18.7. The van der Waals surface area contributed by atoms with Gasteiger partial charge >= 0.3 is 0 Å². The Kier molecular flexibility index (Phi) is 6.30. The molecule has 0 spiro atoms. The van der Waals surface area contributed by atoms with Crippen molar-refractivity contribution in [3.05, 3.63) is 71.3 Å². The number of carbonyl (C=O) groups is 2. The molecule has 0 saturated heterocycles. The Hall–Kier alpha value is -2.67. The number of rotatable bonds is 7. The Morgan fingerprint density at radius 3 is 1.76 bits per heavy atom. The first-order valence-corrected chi connectivity index (χ1v) is 9.79. The summed E-state index contributed by atoms with van der Waals surface area (Å²) in [4.78, 5) is 23.9. The number of nitrogens with one attached hydrogen (secondary N) is 2. The molecule has 2 amide bonds. The van der Waals surface area contributed by atoms with Crippen LogP contribution in [0.2, 0.25) is 0 Å². The predicted molar refractivity (Wildman–Crippen MR) is 96.1 cm³/mol. The van der Waals surface area contributed by atoms with Gasteiger partial charge in [0, 0.05) is 30.5 Å². The smallest absolute Gasteiger partial charge is 0.251 e. The van der Waals surface area contributed by atoms with Crippen molar-refractivity contribution in [3.8, 4) is 0 Å². The molecular weight excluding hydrogens is 340 g/mol. The Bertz CT molecular complexity index is 831. The van der Waals surface area contributed by atoms with Crippen LogP contribution in [0.4, 0.5) is 0 Å². The van der Waals surface area contributed by atoms with Crippen molar-refractivity contribution in [2.75, 3.05) is 19.3 Å². The first-order valence-electron chi connectivity index (χ1n) is 7.73. The van der Waals surface area contributed by atoms with Gasteiger partial charge in [0.15, 0.2) is 9.84 Å². The van der Waals surface area contributed by atoms with Gasteiger partial charge in [0.2, 0.25) is 0 Å². The Balaban J connectivity index is 1.77. The van der Waals surface area contributed by atoms with E-state index in [2.05, 4.69) is 10.6 Å². The summed E-state index contributed by atoms with van der Waals surface area (Å²) < 4.78 is 22.5. The third-order valence-electron chi connectivity index (χ3n) is 3.38. The molecule has 0 aromatic heterocycles. The van der Waals surface area contributed by atoms with Crippen LogP contribution in [0.25, 0.3) is 0 Å². The largest absolute Gasteiger partial charge is 0.350 e. The number of carbonyl (C=O) groups excluding carboxylic acids is 2. The third-order valence-corrected chi connectivity index (χ3v) is 4.23. The molecule has 0 saturated carbocycles. The molecule has 0 unspecified atom stereocenters. The van der Waals surface area contributed by atoms with Crippen molar-refractivity contribution >= 4 is 21.7 Å². The van der Waals surface area contributed by atoms with E-state index < -0.39 is 9.84 Å². The van der Waals surface area contributed by atoms with E-state index in [0.29, 0.717) is 29.8 Å². The third kappa shape index (κ3) is 6.39. The van der Waals surface area contributed by atoms with Crippen molar-refractivity contribution in [2.45, 2.75) is 5.75 Å². The SMILES string of the molecule is CS(=O)(=O)Cc1ccc(C(=O)NCCNC(=O)c2ccccc2)cc1. The monoisotopic (exact) mass is 360 g/mol. The summed E-state index contributed by atoms with van der Waals surface area (Å²) in [6.45, 7) is 0.605. The van der Waals surface area contributed by atoms with E-state index in [1.807, 2.05) is 6.07 Å². The minimum absolute atomic E-state index is 0.0551. The summed E-state index contributed by atoms with van der Waals surface area (Å²) in [5, 5.41) is 5.42. The zero-order valence-electron chi connectivity index (χ0n) is 13.9. The van der Waals surface area contributed by atoms with Crippen LogP contribution in [0.15, 0.2) is 54.6 Å².